The second-order valence-electron chi connectivity index (χ2n) is 8.28. The maximum absolute atomic E-state index is 12.9. The predicted octanol–water partition coefficient (Wildman–Crippen LogP) is 4.85. The number of benzene rings is 1. The van der Waals surface area contributed by atoms with E-state index in [4.69, 9.17) is 4.74 Å². The number of ether oxygens (including phenoxy) is 1. The van der Waals surface area contributed by atoms with Crippen LogP contribution in [0, 0.1) is 0 Å². The zero-order valence-electron chi connectivity index (χ0n) is 15.5. The van der Waals surface area contributed by atoms with Gasteiger partial charge in [-0.2, -0.15) is 0 Å². The Balaban J connectivity index is 2.22. The first-order chi connectivity index (χ1) is 10.9. The highest BCUT2D eigenvalue weighted by molar-refractivity contribution is 8.11. The average molecular weight is 357 g/mol. The Morgan fingerprint density at radius 2 is 1.62 bits per heavy atom. The molecule has 2 atom stereocenters. The Labute approximate surface area is 146 Å². The number of hydrogen-bond acceptors (Lipinski definition) is 2. The lowest BCUT2D eigenvalue weighted by Crippen LogP contribution is -2.57. The van der Waals surface area contributed by atoms with E-state index in [1.54, 1.807) is 13.8 Å². The lowest BCUT2D eigenvalue weighted by molar-refractivity contribution is 0.145. The second-order valence-corrected chi connectivity index (χ2v) is 11.8. The molecule has 1 aromatic rings. The van der Waals surface area contributed by atoms with E-state index in [0.717, 1.165) is 12.8 Å². The summed E-state index contributed by atoms with van der Waals surface area (Å²) in [6, 6.07) is 7.88. The van der Waals surface area contributed by atoms with Crippen LogP contribution in [0.2, 0.25) is 0 Å². The van der Waals surface area contributed by atoms with Crippen LogP contribution in [0.5, 0.6) is 5.75 Å². The van der Waals surface area contributed by atoms with Gasteiger partial charge in [0.15, 0.2) is 0 Å². The van der Waals surface area contributed by atoms with Crippen molar-refractivity contribution >= 4 is 9.63 Å². The Morgan fingerprint density at radius 1 is 1.08 bits per heavy atom. The molecule has 1 fully saturated rings. The molecule has 1 aliphatic carbocycles. The molecule has 1 saturated carbocycles. The summed E-state index contributed by atoms with van der Waals surface area (Å²) in [6.45, 7) is 9.65. The molecule has 5 heteroatoms. The van der Waals surface area contributed by atoms with Crippen molar-refractivity contribution < 1.29 is 18.1 Å². The number of hydrogen-bond donors (Lipinski definition) is 2. The molecular formula is C19H32O4S. The largest absolute Gasteiger partial charge is 0.489 e. The molecule has 138 valence electrons. The summed E-state index contributed by atoms with van der Waals surface area (Å²) in [5, 5.41) is -1.45. The lowest BCUT2D eigenvalue weighted by atomic mass is 9.87. The molecule has 0 saturated heterocycles. The van der Waals surface area contributed by atoms with Crippen LogP contribution in [-0.4, -0.2) is 29.9 Å². The van der Waals surface area contributed by atoms with E-state index in [-0.39, 0.29) is 5.41 Å². The Bertz CT molecular complexity index is 622. The van der Waals surface area contributed by atoms with Gasteiger partial charge in [0.2, 0.25) is 0 Å². The van der Waals surface area contributed by atoms with E-state index in [1.165, 1.54) is 5.56 Å². The Hall–Kier alpha value is -0.910. The molecule has 0 amide bonds. The monoisotopic (exact) mass is 356 g/mol. The van der Waals surface area contributed by atoms with Crippen molar-refractivity contribution in [1.82, 2.24) is 0 Å². The fraction of sp³-hybridized carbons (Fsp3) is 0.684. The minimum absolute atomic E-state index is 0.0688. The molecule has 0 bridgehead atoms. The SMILES string of the molecule is CC(C)S(=O)(O)(O)C1CCCCC1Oc1ccc(C(C)(C)C)cc1. The lowest BCUT2D eigenvalue weighted by Gasteiger charge is -2.46. The van der Waals surface area contributed by atoms with Gasteiger partial charge in [0.1, 0.15) is 11.9 Å². The molecular weight excluding hydrogens is 324 g/mol. The van der Waals surface area contributed by atoms with Crippen LogP contribution in [0.15, 0.2) is 24.3 Å². The maximum atomic E-state index is 12.9. The van der Waals surface area contributed by atoms with E-state index in [0.29, 0.717) is 18.6 Å². The van der Waals surface area contributed by atoms with Crippen LogP contribution in [0.3, 0.4) is 0 Å². The van der Waals surface area contributed by atoms with Gasteiger partial charge >= 0.3 is 0 Å². The van der Waals surface area contributed by atoms with Crippen molar-refractivity contribution in [2.75, 3.05) is 0 Å². The van der Waals surface area contributed by atoms with Crippen molar-refractivity contribution in [1.29, 1.82) is 0 Å². The molecule has 1 aliphatic rings. The van der Waals surface area contributed by atoms with Crippen molar-refractivity contribution in [2.45, 2.75) is 82.3 Å². The van der Waals surface area contributed by atoms with Crippen molar-refractivity contribution in [3.8, 4) is 5.75 Å². The zero-order valence-corrected chi connectivity index (χ0v) is 16.3. The Morgan fingerprint density at radius 3 is 2.12 bits per heavy atom. The van der Waals surface area contributed by atoms with E-state index in [2.05, 4.69) is 20.8 Å². The molecule has 4 nitrogen and oxygen atoms in total. The van der Waals surface area contributed by atoms with Gasteiger partial charge in [-0.1, -0.05) is 39.3 Å². The van der Waals surface area contributed by atoms with Gasteiger partial charge in [-0.15, -0.1) is 0 Å². The minimum Gasteiger partial charge on any atom is -0.489 e. The smallest absolute Gasteiger partial charge is 0.119 e. The molecule has 2 unspecified atom stereocenters. The zero-order chi connectivity index (χ0) is 18.2. The fourth-order valence-electron chi connectivity index (χ4n) is 3.26. The first-order valence-corrected chi connectivity index (χ1v) is 10.8. The van der Waals surface area contributed by atoms with Gasteiger partial charge in [0, 0.05) is 0 Å². The highest BCUT2D eigenvalue weighted by Crippen LogP contribution is 2.40. The number of rotatable bonds is 4. The van der Waals surface area contributed by atoms with Gasteiger partial charge in [-0.3, -0.25) is 0 Å². The molecule has 1 aromatic carbocycles. The molecule has 2 rings (SSSR count). The third-order valence-electron chi connectivity index (χ3n) is 5.11. The molecule has 0 radical (unpaired) electrons. The van der Waals surface area contributed by atoms with Crippen LogP contribution in [-0.2, 0) is 15.0 Å². The highest BCUT2D eigenvalue weighted by atomic mass is 32.3. The molecule has 0 spiro atoms. The first kappa shape index (κ1) is 19.4. The summed E-state index contributed by atoms with van der Waals surface area (Å²) in [5.74, 6) is 0.687. The summed E-state index contributed by atoms with van der Waals surface area (Å²) in [6.07, 6.45) is 2.56. The van der Waals surface area contributed by atoms with Gasteiger partial charge in [-0.05, 0) is 56.2 Å². The molecule has 24 heavy (non-hydrogen) atoms. The topological polar surface area (TPSA) is 66.8 Å². The van der Waals surface area contributed by atoms with Crippen LogP contribution in [0.4, 0.5) is 0 Å². The fourth-order valence-corrected chi connectivity index (χ4v) is 5.33. The summed E-state index contributed by atoms with van der Waals surface area (Å²) in [4.78, 5) is 0. The van der Waals surface area contributed by atoms with Crippen LogP contribution >= 0.6 is 0 Å². The standard InChI is InChI=1S/C19H32O4S/c1-14(2)24(20,21,22)18-9-7-6-8-17(18)23-16-12-10-15(11-13-16)19(3,4)5/h10-14,17-18H,6-9H2,1-5H3,(H2,20,21,22). The summed E-state index contributed by atoms with van der Waals surface area (Å²) in [5.41, 5.74) is 1.28. The van der Waals surface area contributed by atoms with E-state index < -0.39 is 26.2 Å². The van der Waals surface area contributed by atoms with E-state index >= 15 is 0 Å². The van der Waals surface area contributed by atoms with Gasteiger partial charge in [0.05, 0.1) is 20.1 Å². The Kier molecular flexibility index (Phi) is 5.20. The van der Waals surface area contributed by atoms with Gasteiger partial charge in [-0.25, -0.2) is 4.21 Å². The van der Waals surface area contributed by atoms with Crippen LogP contribution < -0.4 is 4.74 Å². The molecule has 0 aromatic heterocycles. The van der Waals surface area contributed by atoms with Crippen molar-refractivity contribution in [3.05, 3.63) is 29.8 Å². The molecule has 2 N–H and O–H groups in total. The predicted molar refractivity (Wildman–Crippen MR) is 100 cm³/mol. The minimum atomic E-state index is -4.72. The highest BCUT2D eigenvalue weighted by Gasteiger charge is 2.49. The van der Waals surface area contributed by atoms with E-state index in [1.807, 2.05) is 24.3 Å². The van der Waals surface area contributed by atoms with E-state index in [9.17, 15) is 13.3 Å². The molecule has 0 heterocycles. The third kappa shape index (κ3) is 4.01. The van der Waals surface area contributed by atoms with Gasteiger partial charge < -0.3 is 13.8 Å². The van der Waals surface area contributed by atoms with Crippen molar-refractivity contribution in [3.63, 3.8) is 0 Å². The van der Waals surface area contributed by atoms with Crippen LogP contribution in [0.25, 0.3) is 0 Å². The third-order valence-corrected chi connectivity index (χ3v) is 8.56. The summed E-state index contributed by atoms with van der Waals surface area (Å²) in [7, 11) is -4.72. The average Bonchev–Trinajstić information content (AvgIpc) is 2.46. The maximum Gasteiger partial charge on any atom is 0.119 e. The van der Waals surface area contributed by atoms with Gasteiger partial charge in [0.25, 0.3) is 0 Å². The quantitative estimate of drug-likeness (QED) is 0.809. The second kappa shape index (κ2) is 6.43. The molecule has 0 aliphatic heterocycles. The summed E-state index contributed by atoms with van der Waals surface area (Å²) >= 11 is 0. The first-order valence-electron chi connectivity index (χ1n) is 8.82. The van der Waals surface area contributed by atoms with Crippen LogP contribution in [0.1, 0.15) is 65.9 Å². The van der Waals surface area contributed by atoms with Crippen molar-refractivity contribution in [2.24, 2.45) is 0 Å². The summed E-state index contributed by atoms with van der Waals surface area (Å²) < 4.78 is 39.9. The normalized spacial score (nSPS) is 24.4.